The third-order valence-electron chi connectivity index (χ3n) is 5.24. The summed E-state index contributed by atoms with van der Waals surface area (Å²) in [6, 6.07) is 8.43. The van der Waals surface area contributed by atoms with E-state index >= 15 is 0 Å². The van der Waals surface area contributed by atoms with Gasteiger partial charge < -0.3 is 14.8 Å². The molecule has 0 spiro atoms. The Hall–Kier alpha value is -1.06. The maximum Gasteiger partial charge on any atom is 0.123 e. The van der Waals surface area contributed by atoms with Crippen LogP contribution in [0, 0.1) is 11.8 Å². The Kier molecular flexibility index (Phi) is 6.78. The predicted molar refractivity (Wildman–Crippen MR) is 93.8 cm³/mol. The molecule has 0 aromatic heterocycles. The summed E-state index contributed by atoms with van der Waals surface area (Å²) in [5.41, 5.74) is 1.27. The summed E-state index contributed by atoms with van der Waals surface area (Å²) in [7, 11) is 0. The van der Waals surface area contributed by atoms with E-state index in [1.165, 1.54) is 44.1 Å². The largest absolute Gasteiger partial charge is 0.493 e. The molecule has 3 rings (SSSR count). The first-order valence-corrected chi connectivity index (χ1v) is 9.41. The van der Waals surface area contributed by atoms with Crippen molar-refractivity contribution >= 4 is 0 Å². The minimum atomic E-state index is 0.558. The van der Waals surface area contributed by atoms with Crippen LogP contribution in [0.4, 0.5) is 0 Å². The highest BCUT2D eigenvalue weighted by molar-refractivity contribution is 5.33. The van der Waals surface area contributed by atoms with Gasteiger partial charge in [0.1, 0.15) is 5.75 Å². The van der Waals surface area contributed by atoms with E-state index < -0.39 is 0 Å². The van der Waals surface area contributed by atoms with E-state index in [1.54, 1.807) is 0 Å². The van der Waals surface area contributed by atoms with Gasteiger partial charge in [-0.3, -0.25) is 0 Å². The van der Waals surface area contributed by atoms with Crippen LogP contribution in [-0.4, -0.2) is 26.4 Å². The molecule has 1 saturated heterocycles. The van der Waals surface area contributed by atoms with Crippen LogP contribution in [0.2, 0.25) is 0 Å². The van der Waals surface area contributed by atoms with Gasteiger partial charge in [0.25, 0.3) is 0 Å². The van der Waals surface area contributed by atoms with Gasteiger partial charge in [0.2, 0.25) is 0 Å². The zero-order valence-electron chi connectivity index (χ0n) is 14.3. The smallest absolute Gasteiger partial charge is 0.123 e. The van der Waals surface area contributed by atoms with Crippen molar-refractivity contribution in [3.05, 3.63) is 29.8 Å². The molecule has 0 radical (unpaired) electrons. The molecule has 1 aromatic carbocycles. The number of ether oxygens (including phenoxy) is 2. The maximum absolute atomic E-state index is 6.05. The number of para-hydroxylation sites is 1. The lowest BCUT2D eigenvalue weighted by molar-refractivity contribution is 0.166. The van der Waals surface area contributed by atoms with Gasteiger partial charge in [-0.15, -0.1) is 0 Å². The number of nitrogens with one attached hydrogen (secondary N) is 1. The van der Waals surface area contributed by atoms with E-state index in [1.807, 2.05) is 0 Å². The lowest BCUT2D eigenvalue weighted by Crippen LogP contribution is -2.20. The lowest BCUT2D eigenvalue weighted by atomic mass is 9.87. The van der Waals surface area contributed by atoms with Crippen LogP contribution in [0.3, 0.4) is 0 Å². The van der Waals surface area contributed by atoms with E-state index in [9.17, 15) is 0 Å². The molecule has 23 heavy (non-hydrogen) atoms. The van der Waals surface area contributed by atoms with Crippen LogP contribution < -0.4 is 10.1 Å². The van der Waals surface area contributed by atoms with Crippen molar-refractivity contribution in [3.8, 4) is 5.75 Å². The van der Waals surface area contributed by atoms with Crippen molar-refractivity contribution in [2.45, 2.75) is 51.5 Å². The average molecular weight is 317 g/mol. The summed E-state index contributed by atoms with van der Waals surface area (Å²) in [4.78, 5) is 0. The Morgan fingerprint density at radius 2 is 1.91 bits per heavy atom. The Bertz CT molecular complexity index is 451. The molecule has 0 amide bonds. The molecule has 0 bridgehead atoms. The minimum Gasteiger partial charge on any atom is -0.493 e. The van der Waals surface area contributed by atoms with Gasteiger partial charge >= 0.3 is 0 Å². The molecular weight excluding hydrogens is 286 g/mol. The second-order valence-electron chi connectivity index (χ2n) is 7.12. The Morgan fingerprint density at radius 3 is 2.74 bits per heavy atom. The fraction of sp³-hybridized carbons (Fsp3) is 0.700. The normalized spacial score (nSPS) is 22.3. The van der Waals surface area contributed by atoms with Crippen molar-refractivity contribution in [2.24, 2.45) is 11.8 Å². The fourth-order valence-electron chi connectivity index (χ4n) is 3.72. The van der Waals surface area contributed by atoms with E-state index in [4.69, 9.17) is 9.47 Å². The lowest BCUT2D eigenvalue weighted by Gasteiger charge is -2.21. The van der Waals surface area contributed by atoms with Crippen LogP contribution in [0.5, 0.6) is 5.75 Å². The quantitative estimate of drug-likeness (QED) is 0.730. The highest BCUT2D eigenvalue weighted by atomic mass is 16.5. The first-order valence-electron chi connectivity index (χ1n) is 9.41. The van der Waals surface area contributed by atoms with Crippen LogP contribution in [0.1, 0.15) is 50.5 Å². The molecule has 1 aliphatic carbocycles. The third-order valence-corrected chi connectivity index (χ3v) is 5.24. The van der Waals surface area contributed by atoms with Crippen molar-refractivity contribution in [3.63, 3.8) is 0 Å². The van der Waals surface area contributed by atoms with Gasteiger partial charge in [-0.25, -0.2) is 0 Å². The monoisotopic (exact) mass is 317 g/mol. The summed E-state index contributed by atoms with van der Waals surface area (Å²) in [5, 5.41) is 3.61. The molecule has 3 nitrogen and oxygen atoms in total. The fourth-order valence-corrected chi connectivity index (χ4v) is 3.72. The van der Waals surface area contributed by atoms with Crippen molar-refractivity contribution in [1.29, 1.82) is 0 Å². The second-order valence-corrected chi connectivity index (χ2v) is 7.12. The second kappa shape index (κ2) is 9.29. The summed E-state index contributed by atoms with van der Waals surface area (Å²) in [6.07, 6.45) is 9.64. The van der Waals surface area contributed by atoms with Crippen LogP contribution in [0.15, 0.2) is 24.3 Å². The third kappa shape index (κ3) is 5.50. The van der Waals surface area contributed by atoms with Gasteiger partial charge in [-0.05, 0) is 31.4 Å². The molecule has 1 aromatic rings. The molecule has 128 valence electrons. The van der Waals surface area contributed by atoms with E-state index in [2.05, 4.69) is 29.6 Å². The first kappa shape index (κ1) is 16.8. The number of hydrogen-bond donors (Lipinski definition) is 1. The molecule has 1 atom stereocenters. The molecule has 1 N–H and O–H groups in total. The molecule has 3 heteroatoms. The van der Waals surface area contributed by atoms with Gasteiger partial charge in [-0.1, -0.05) is 50.3 Å². The molecule has 2 fully saturated rings. The highest BCUT2D eigenvalue weighted by Crippen LogP contribution is 2.26. The van der Waals surface area contributed by atoms with Crippen molar-refractivity contribution in [2.75, 3.05) is 26.4 Å². The van der Waals surface area contributed by atoms with Crippen molar-refractivity contribution in [1.82, 2.24) is 5.32 Å². The molecule has 1 aliphatic heterocycles. The van der Waals surface area contributed by atoms with Crippen LogP contribution in [0.25, 0.3) is 0 Å². The average Bonchev–Trinajstić information content (AvgIpc) is 3.12. The highest BCUT2D eigenvalue weighted by Gasteiger charge is 2.17. The summed E-state index contributed by atoms with van der Waals surface area (Å²) in [6.45, 7) is 4.54. The molecule has 2 aliphatic rings. The zero-order chi connectivity index (χ0) is 15.7. The first-order chi connectivity index (χ1) is 11.4. The standard InChI is InChI=1S/C20H31NO2/c1-2-6-17(7-3-1)10-12-21-14-19-8-4-5-9-20(19)23-16-18-11-13-22-15-18/h4-5,8-9,17-18,21H,1-3,6-7,10-16H2. The zero-order valence-corrected chi connectivity index (χ0v) is 14.3. The Labute approximate surface area is 140 Å². The summed E-state index contributed by atoms with van der Waals surface area (Å²) < 4.78 is 11.5. The van der Waals surface area contributed by atoms with Crippen LogP contribution in [-0.2, 0) is 11.3 Å². The molecule has 1 saturated carbocycles. The molecular formula is C20H31NO2. The topological polar surface area (TPSA) is 30.5 Å². The Morgan fingerprint density at radius 1 is 1.04 bits per heavy atom. The predicted octanol–water partition coefficient (Wildman–Crippen LogP) is 4.16. The van der Waals surface area contributed by atoms with Crippen molar-refractivity contribution < 1.29 is 9.47 Å². The van der Waals surface area contributed by atoms with Gasteiger partial charge in [0, 0.05) is 24.6 Å². The van der Waals surface area contributed by atoms with Gasteiger partial charge in [0.05, 0.1) is 13.2 Å². The SMILES string of the molecule is c1ccc(OCC2CCOC2)c(CNCCC2CCCCC2)c1. The molecule has 1 unspecified atom stereocenters. The van der Waals surface area contributed by atoms with Crippen LogP contribution >= 0.6 is 0 Å². The summed E-state index contributed by atoms with van der Waals surface area (Å²) >= 11 is 0. The number of benzene rings is 1. The minimum absolute atomic E-state index is 0.558. The number of hydrogen-bond acceptors (Lipinski definition) is 3. The maximum atomic E-state index is 6.05. The van der Waals surface area contributed by atoms with Gasteiger partial charge in [0.15, 0.2) is 0 Å². The van der Waals surface area contributed by atoms with E-state index in [0.717, 1.165) is 51.0 Å². The van der Waals surface area contributed by atoms with Gasteiger partial charge in [-0.2, -0.15) is 0 Å². The number of rotatable bonds is 8. The van der Waals surface area contributed by atoms with E-state index in [-0.39, 0.29) is 0 Å². The summed E-state index contributed by atoms with van der Waals surface area (Å²) in [5.74, 6) is 2.54. The Balaban J connectivity index is 1.39. The van der Waals surface area contributed by atoms with E-state index in [0.29, 0.717) is 5.92 Å². The molecule has 1 heterocycles.